The van der Waals surface area contributed by atoms with Crippen LogP contribution in [0.5, 0.6) is 0 Å². The van der Waals surface area contributed by atoms with Crippen LogP contribution in [-0.4, -0.2) is 7.05 Å². The molecule has 0 aromatic heterocycles. The van der Waals surface area contributed by atoms with Crippen LogP contribution in [0.2, 0.25) is 0 Å². The van der Waals surface area contributed by atoms with Gasteiger partial charge < -0.3 is 5.32 Å². The first-order chi connectivity index (χ1) is 8.28. The largest absolute Gasteiger partial charge is 0.310 e. The van der Waals surface area contributed by atoms with E-state index in [-0.39, 0.29) is 5.54 Å². The van der Waals surface area contributed by atoms with Crippen molar-refractivity contribution in [3.05, 3.63) is 47.5 Å². The minimum absolute atomic E-state index is 0.192. The van der Waals surface area contributed by atoms with Gasteiger partial charge in [0.2, 0.25) is 0 Å². The normalized spacial score (nSPS) is 35.2. The van der Waals surface area contributed by atoms with E-state index in [1.54, 1.807) is 5.56 Å². The predicted molar refractivity (Wildman–Crippen MR) is 72.1 cm³/mol. The first-order valence-corrected chi connectivity index (χ1v) is 6.71. The van der Waals surface area contributed by atoms with Gasteiger partial charge >= 0.3 is 0 Å². The molecule has 1 N–H and O–H groups in total. The summed E-state index contributed by atoms with van der Waals surface area (Å²) in [6.45, 7) is 2.37. The quantitative estimate of drug-likeness (QED) is 0.723. The van der Waals surface area contributed by atoms with E-state index in [0.717, 1.165) is 12.3 Å². The molecule has 1 aromatic rings. The molecule has 0 saturated carbocycles. The summed E-state index contributed by atoms with van der Waals surface area (Å²) in [5, 5.41) is 3.64. The van der Waals surface area contributed by atoms with E-state index in [4.69, 9.17) is 0 Å². The van der Waals surface area contributed by atoms with Crippen molar-refractivity contribution >= 4 is 0 Å². The molecule has 0 fully saturated rings. The maximum absolute atomic E-state index is 3.64. The Hall–Kier alpha value is -1.08. The van der Waals surface area contributed by atoms with Gasteiger partial charge in [0.1, 0.15) is 0 Å². The van der Waals surface area contributed by atoms with Gasteiger partial charge in [0.15, 0.2) is 0 Å². The lowest BCUT2D eigenvalue weighted by molar-refractivity contribution is 0.175. The van der Waals surface area contributed by atoms with Gasteiger partial charge in [-0.05, 0) is 49.3 Å². The number of rotatable bonds is 1. The standard InChI is InChI=1S/C16H21N/c1-12-11-13-7-5-6-10-16(13,17-2)15-9-4-3-8-14(12)15/h3-6,8-9,12-13,17H,7,10-11H2,1-2H3/t12-,13-,16+/m0/s1. The maximum Gasteiger partial charge on any atom is 0.0501 e. The van der Waals surface area contributed by atoms with Gasteiger partial charge in [-0.2, -0.15) is 0 Å². The lowest BCUT2D eigenvalue weighted by Gasteiger charge is -2.48. The molecule has 0 bridgehead atoms. The topological polar surface area (TPSA) is 12.0 Å². The van der Waals surface area contributed by atoms with Gasteiger partial charge in [-0.1, -0.05) is 43.3 Å². The number of benzene rings is 1. The van der Waals surface area contributed by atoms with E-state index in [1.165, 1.54) is 18.4 Å². The summed E-state index contributed by atoms with van der Waals surface area (Å²) in [4.78, 5) is 0. The fourth-order valence-corrected chi connectivity index (χ4v) is 3.85. The molecular formula is C16H21N. The van der Waals surface area contributed by atoms with Crippen molar-refractivity contribution < 1.29 is 0 Å². The Morgan fingerprint density at radius 1 is 1.24 bits per heavy atom. The molecular weight excluding hydrogens is 206 g/mol. The Morgan fingerprint density at radius 2 is 2.06 bits per heavy atom. The molecule has 0 saturated heterocycles. The Kier molecular flexibility index (Phi) is 2.59. The zero-order chi connectivity index (χ0) is 11.9. The molecule has 3 rings (SSSR count). The van der Waals surface area contributed by atoms with Crippen LogP contribution in [0, 0.1) is 5.92 Å². The van der Waals surface area contributed by atoms with Crippen molar-refractivity contribution in [2.45, 2.75) is 37.6 Å². The van der Waals surface area contributed by atoms with Crippen LogP contribution < -0.4 is 5.32 Å². The third-order valence-corrected chi connectivity index (χ3v) is 4.78. The van der Waals surface area contributed by atoms with Crippen molar-refractivity contribution in [2.24, 2.45) is 5.92 Å². The van der Waals surface area contributed by atoms with Crippen molar-refractivity contribution in [1.29, 1.82) is 0 Å². The first kappa shape index (κ1) is 11.0. The Morgan fingerprint density at radius 3 is 2.88 bits per heavy atom. The highest BCUT2D eigenvalue weighted by molar-refractivity contribution is 5.41. The second kappa shape index (κ2) is 3.99. The summed E-state index contributed by atoms with van der Waals surface area (Å²) in [6, 6.07) is 9.00. The van der Waals surface area contributed by atoms with Crippen LogP contribution in [-0.2, 0) is 5.54 Å². The summed E-state index contributed by atoms with van der Waals surface area (Å²) in [5.41, 5.74) is 3.28. The third kappa shape index (κ3) is 1.49. The number of hydrogen-bond donors (Lipinski definition) is 1. The number of fused-ring (bicyclic) bond motifs is 3. The fourth-order valence-electron chi connectivity index (χ4n) is 3.85. The second-order valence-corrected chi connectivity index (χ2v) is 5.55. The Bertz CT molecular complexity index is 449. The molecule has 90 valence electrons. The Labute approximate surface area is 104 Å². The van der Waals surface area contributed by atoms with Crippen molar-refractivity contribution in [1.82, 2.24) is 5.32 Å². The maximum atomic E-state index is 3.64. The zero-order valence-corrected chi connectivity index (χ0v) is 10.7. The number of hydrogen-bond acceptors (Lipinski definition) is 1. The molecule has 1 nitrogen and oxygen atoms in total. The highest BCUT2D eigenvalue weighted by Gasteiger charge is 2.44. The molecule has 0 heterocycles. The van der Waals surface area contributed by atoms with Crippen molar-refractivity contribution in [2.75, 3.05) is 7.05 Å². The van der Waals surface area contributed by atoms with Crippen LogP contribution in [0.25, 0.3) is 0 Å². The molecule has 0 spiro atoms. The molecule has 2 aliphatic carbocycles. The minimum Gasteiger partial charge on any atom is -0.310 e. The summed E-state index contributed by atoms with van der Waals surface area (Å²) in [7, 11) is 2.12. The van der Waals surface area contributed by atoms with Crippen LogP contribution in [0.3, 0.4) is 0 Å². The van der Waals surface area contributed by atoms with Gasteiger partial charge in [-0.15, -0.1) is 0 Å². The van der Waals surface area contributed by atoms with E-state index >= 15 is 0 Å². The molecule has 0 aliphatic heterocycles. The van der Waals surface area contributed by atoms with E-state index in [2.05, 4.69) is 55.7 Å². The van der Waals surface area contributed by atoms with Crippen molar-refractivity contribution in [3.8, 4) is 0 Å². The van der Waals surface area contributed by atoms with E-state index in [9.17, 15) is 0 Å². The molecule has 1 heteroatoms. The van der Waals surface area contributed by atoms with Crippen LogP contribution in [0.15, 0.2) is 36.4 Å². The van der Waals surface area contributed by atoms with E-state index in [0.29, 0.717) is 5.92 Å². The lowest BCUT2D eigenvalue weighted by atomic mass is 9.62. The van der Waals surface area contributed by atoms with E-state index < -0.39 is 0 Å². The predicted octanol–water partition coefficient (Wildman–Crippen LogP) is 3.57. The van der Waals surface area contributed by atoms with Gasteiger partial charge in [-0.25, -0.2) is 0 Å². The van der Waals surface area contributed by atoms with Gasteiger partial charge in [0.25, 0.3) is 0 Å². The lowest BCUT2D eigenvalue weighted by Crippen LogP contribution is -2.50. The van der Waals surface area contributed by atoms with Crippen LogP contribution >= 0.6 is 0 Å². The molecule has 0 unspecified atom stereocenters. The van der Waals surface area contributed by atoms with Gasteiger partial charge in [-0.3, -0.25) is 0 Å². The molecule has 17 heavy (non-hydrogen) atoms. The SMILES string of the molecule is CN[C@]12CC=CC[C@H]1C[C@H](C)c1ccccc12. The fraction of sp³-hybridized carbons (Fsp3) is 0.500. The smallest absolute Gasteiger partial charge is 0.0501 e. The number of nitrogens with one attached hydrogen (secondary N) is 1. The van der Waals surface area contributed by atoms with Gasteiger partial charge in [0, 0.05) is 0 Å². The third-order valence-electron chi connectivity index (χ3n) is 4.78. The highest BCUT2D eigenvalue weighted by Crippen LogP contribution is 2.49. The molecule has 1 aromatic carbocycles. The zero-order valence-electron chi connectivity index (χ0n) is 10.7. The summed E-state index contributed by atoms with van der Waals surface area (Å²) >= 11 is 0. The highest BCUT2D eigenvalue weighted by atomic mass is 15.0. The summed E-state index contributed by atoms with van der Waals surface area (Å²) in [6.07, 6.45) is 8.38. The average Bonchev–Trinajstić information content (AvgIpc) is 2.39. The van der Waals surface area contributed by atoms with Crippen molar-refractivity contribution in [3.63, 3.8) is 0 Å². The van der Waals surface area contributed by atoms with Crippen LogP contribution in [0.1, 0.15) is 43.2 Å². The molecule has 0 amide bonds. The Balaban J connectivity index is 2.18. The molecule has 0 radical (unpaired) electrons. The minimum atomic E-state index is 0.192. The van der Waals surface area contributed by atoms with E-state index in [1.807, 2.05) is 0 Å². The second-order valence-electron chi connectivity index (χ2n) is 5.55. The monoisotopic (exact) mass is 227 g/mol. The molecule has 2 aliphatic rings. The number of allylic oxidation sites excluding steroid dienone is 1. The summed E-state index contributed by atoms with van der Waals surface area (Å²) in [5.74, 6) is 1.45. The first-order valence-electron chi connectivity index (χ1n) is 6.71. The molecule has 3 atom stereocenters. The summed E-state index contributed by atoms with van der Waals surface area (Å²) < 4.78 is 0. The van der Waals surface area contributed by atoms with Crippen LogP contribution in [0.4, 0.5) is 0 Å². The average molecular weight is 227 g/mol. The van der Waals surface area contributed by atoms with Gasteiger partial charge in [0.05, 0.1) is 5.54 Å².